The van der Waals surface area contributed by atoms with Crippen LogP contribution in [0.15, 0.2) is 24.5 Å². The lowest BCUT2D eigenvalue weighted by Gasteiger charge is -2.41. The molecule has 1 aromatic rings. The lowest BCUT2D eigenvalue weighted by molar-refractivity contribution is -0.138. The monoisotopic (exact) mass is 347 g/mol. The zero-order valence-corrected chi connectivity index (χ0v) is 14.5. The van der Waals surface area contributed by atoms with Crippen molar-refractivity contribution in [2.45, 2.75) is 38.3 Å². The zero-order chi connectivity index (χ0) is 17.8. The number of carbonyl (C=O) groups excluding carboxylic acids is 1. The highest BCUT2D eigenvalue weighted by Crippen LogP contribution is 2.27. The van der Waals surface area contributed by atoms with E-state index in [0.29, 0.717) is 26.0 Å². The Labute approximate surface area is 147 Å². The third-order valence-electron chi connectivity index (χ3n) is 5.05. The second kappa shape index (κ2) is 7.82. The van der Waals surface area contributed by atoms with E-state index in [2.05, 4.69) is 16.8 Å². The van der Waals surface area contributed by atoms with Gasteiger partial charge in [0.2, 0.25) is 5.91 Å². The number of hydrogen-bond acceptors (Lipinski definition) is 5. The van der Waals surface area contributed by atoms with Crippen LogP contribution < -0.4 is 4.90 Å². The number of pyridine rings is 1. The standard InChI is InChI=1S/C18H25N3O4/c1-13-11-20(15-4-6-19-7-5-15)8-9-21(13)18(24)14-10-16(25-12-14)2-3-17(22)23/h4-7,13-14,16H,2-3,8-12H2,1H3,(H,22,23). The van der Waals surface area contributed by atoms with Crippen LogP contribution in [0.25, 0.3) is 0 Å². The lowest BCUT2D eigenvalue weighted by atomic mass is 10.00. The molecule has 0 saturated carbocycles. The lowest BCUT2D eigenvalue weighted by Crippen LogP contribution is -2.55. The first-order valence-corrected chi connectivity index (χ1v) is 8.83. The van der Waals surface area contributed by atoms with Crippen molar-refractivity contribution < 1.29 is 19.4 Å². The zero-order valence-electron chi connectivity index (χ0n) is 14.5. The summed E-state index contributed by atoms with van der Waals surface area (Å²) >= 11 is 0. The first kappa shape index (κ1) is 17.7. The van der Waals surface area contributed by atoms with Gasteiger partial charge >= 0.3 is 5.97 Å². The number of piperazine rings is 1. The van der Waals surface area contributed by atoms with Gasteiger partial charge in [-0.25, -0.2) is 0 Å². The van der Waals surface area contributed by atoms with Crippen molar-refractivity contribution >= 4 is 17.6 Å². The summed E-state index contributed by atoms with van der Waals surface area (Å²) in [4.78, 5) is 31.8. The van der Waals surface area contributed by atoms with Crippen molar-refractivity contribution in [1.29, 1.82) is 0 Å². The molecule has 2 fully saturated rings. The number of carbonyl (C=O) groups is 2. The van der Waals surface area contributed by atoms with Gasteiger partial charge in [-0.3, -0.25) is 14.6 Å². The van der Waals surface area contributed by atoms with Crippen LogP contribution in [-0.4, -0.2) is 65.3 Å². The van der Waals surface area contributed by atoms with E-state index in [1.54, 1.807) is 12.4 Å². The summed E-state index contributed by atoms with van der Waals surface area (Å²) in [5.41, 5.74) is 1.13. The molecule has 1 N–H and O–H groups in total. The van der Waals surface area contributed by atoms with Crippen molar-refractivity contribution in [3.8, 4) is 0 Å². The fourth-order valence-corrected chi connectivity index (χ4v) is 3.67. The second-order valence-corrected chi connectivity index (χ2v) is 6.85. The molecule has 3 atom stereocenters. The number of carboxylic acid groups (broad SMARTS) is 1. The van der Waals surface area contributed by atoms with Gasteiger partial charge in [0.1, 0.15) is 0 Å². The van der Waals surface area contributed by atoms with Crippen molar-refractivity contribution in [3.05, 3.63) is 24.5 Å². The smallest absolute Gasteiger partial charge is 0.303 e. The Morgan fingerprint density at radius 2 is 2.08 bits per heavy atom. The predicted molar refractivity (Wildman–Crippen MR) is 92.3 cm³/mol. The minimum absolute atomic E-state index is 0.0899. The van der Waals surface area contributed by atoms with Gasteiger partial charge in [0.15, 0.2) is 0 Å². The molecule has 3 heterocycles. The van der Waals surface area contributed by atoms with Crippen LogP contribution in [0.3, 0.4) is 0 Å². The maximum absolute atomic E-state index is 12.8. The molecule has 2 saturated heterocycles. The Bertz CT molecular complexity index is 610. The molecule has 0 radical (unpaired) electrons. The first-order chi connectivity index (χ1) is 12.0. The van der Waals surface area contributed by atoms with Gasteiger partial charge in [0, 0.05) is 50.2 Å². The van der Waals surface area contributed by atoms with Crippen molar-refractivity contribution in [2.75, 3.05) is 31.1 Å². The average molecular weight is 347 g/mol. The molecule has 25 heavy (non-hydrogen) atoms. The maximum atomic E-state index is 12.8. The summed E-state index contributed by atoms with van der Waals surface area (Å²) in [5, 5.41) is 8.77. The van der Waals surface area contributed by atoms with E-state index in [0.717, 1.165) is 18.8 Å². The highest BCUT2D eigenvalue weighted by molar-refractivity contribution is 5.80. The molecule has 136 valence electrons. The number of anilines is 1. The first-order valence-electron chi connectivity index (χ1n) is 8.83. The van der Waals surface area contributed by atoms with Crippen LogP contribution in [0.2, 0.25) is 0 Å². The summed E-state index contributed by atoms with van der Waals surface area (Å²) in [5.74, 6) is -0.826. The summed E-state index contributed by atoms with van der Waals surface area (Å²) in [7, 11) is 0. The average Bonchev–Trinajstić information content (AvgIpc) is 3.09. The minimum atomic E-state index is -0.820. The van der Waals surface area contributed by atoms with Gasteiger partial charge in [-0.15, -0.1) is 0 Å². The van der Waals surface area contributed by atoms with Crippen LogP contribution in [0.5, 0.6) is 0 Å². The fraction of sp³-hybridized carbons (Fsp3) is 0.611. The molecule has 1 amide bonds. The van der Waals surface area contributed by atoms with Crippen molar-refractivity contribution in [1.82, 2.24) is 9.88 Å². The van der Waals surface area contributed by atoms with Crippen LogP contribution in [0, 0.1) is 5.92 Å². The molecule has 7 nitrogen and oxygen atoms in total. The number of aromatic nitrogens is 1. The van der Waals surface area contributed by atoms with Crippen LogP contribution in [0.1, 0.15) is 26.2 Å². The number of rotatable bonds is 5. The van der Waals surface area contributed by atoms with Crippen LogP contribution >= 0.6 is 0 Å². The molecule has 2 aliphatic heterocycles. The molecule has 0 spiro atoms. The van der Waals surface area contributed by atoms with E-state index >= 15 is 0 Å². The van der Waals surface area contributed by atoms with Gasteiger partial charge in [-0.2, -0.15) is 0 Å². The van der Waals surface area contributed by atoms with Gasteiger partial charge in [-0.1, -0.05) is 0 Å². The van der Waals surface area contributed by atoms with E-state index < -0.39 is 5.97 Å². The summed E-state index contributed by atoms with van der Waals surface area (Å²) in [6, 6.07) is 4.11. The highest BCUT2D eigenvalue weighted by Gasteiger charge is 2.36. The molecular formula is C18H25N3O4. The number of hydrogen-bond donors (Lipinski definition) is 1. The normalized spacial score (nSPS) is 26.7. The third-order valence-corrected chi connectivity index (χ3v) is 5.05. The number of aliphatic carboxylic acids is 1. The Kier molecular flexibility index (Phi) is 5.53. The van der Waals surface area contributed by atoms with E-state index in [9.17, 15) is 9.59 Å². The summed E-state index contributed by atoms with van der Waals surface area (Å²) < 4.78 is 5.63. The number of ether oxygens (including phenoxy) is 1. The second-order valence-electron chi connectivity index (χ2n) is 6.85. The molecule has 2 aliphatic rings. The van der Waals surface area contributed by atoms with Gasteiger partial charge < -0.3 is 19.6 Å². The van der Waals surface area contributed by atoms with Gasteiger partial charge in [0.05, 0.1) is 18.6 Å². The number of nitrogens with zero attached hydrogens (tertiary/aromatic N) is 3. The van der Waals surface area contributed by atoms with E-state index in [-0.39, 0.29) is 30.4 Å². The Balaban J connectivity index is 1.53. The fourth-order valence-electron chi connectivity index (χ4n) is 3.67. The molecule has 3 unspecified atom stereocenters. The van der Waals surface area contributed by atoms with E-state index in [4.69, 9.17) is 9.84 Å². The van der Waals surface area contributed by atoms with E-state index in [1.807, 2.05) is 17.0 Å². The molecule has 0 aromatic carbocycles. The third kappa shape index (κ3) is 4.28. The van der Waals surface area contributed by atoms with Gasteiger partial charge in [0.25, 0.3) is 0 Å². The Hall–Kier alpha value is -2.15. The quantitative estimate of drug-likeness (QED) is 0.867. The maximum Gasteiger partial charge on any atom is 0.303 e. The molecule has 3 rings (SSSR count). The van der Waals surface area contributed by atoms with Gasteiger partial charge in [-0.05, 0) is 31.9 Å². The topological polar surface area (TPSA) is 83.0 Å². The summed E-state index contributed by atoms with van der Waals surface area (Å²) in [6.45, 7) is 4.77. The van der Waals surface area contributed by atoms with Crippen LogP contribution in [-0.2, 0) is 14.3 Å². The van der Waals surface area contributed by atoms with Crippen molar-refractivity contribution in [2.24, 2.45) is 5.92 Å². The number of amides is 1. The molecular weight excluding hydrogens is 322 g/mol. The predicted octanol–water partition coefficient (Wildman–Crippen LogP) is 1.39. The Morgan fingerprint density at radius 1 is 1.32 bits per heavy atom. The van der Waals surface area contributed by atoms with E-state index in [1.165, 1.54) is 0 Å². The van der Waals surface area contributed by atoms with Crippen LogP contribution in [0.4, 0.5) is 5.69 Å². The Morgan fingerprint density at radius 3 is 2.76 bits per heavy atom. The SMILES string of the molecule is CC1CN(c2ccncc2)CCN1C(=O)C1COC(CCC(=O)O)C1. The largest absolute Gasteiger partial charge is 0.481 e. The summed E-state index contributed by atoms with van der Waals surface area (Å²) in [6.07, 6.45) is 4.65. The number of carboxylic acids is 1. The van der Waals surface area contributed by atoms with Crippen molar-refractivity contribution in [3.63, 3.8) is 0 Å². The molecule has 1 aromatic heterocycles. The molecule has 0 aliphatic carbocycles. The molecule has 0 bridgehead atoms. The minimum Gasteiger partial charge on any atom is -0.481 e. The molecule has 7 heteroatoms. The highest BCUT2D eigenvalue weighted by atomic mass is 16.5.